The molecule has 13 heavy (non-hydrogen) atoms. The summed E-state index contributed by atoms with van der Waals surface area (Å²) in [4.78, 5) is 14.5. The second-order valence-corrected chi connectivity index (χ2v) is 2.23. The fourth-order valence-electron chi connectivity index (χ4n) is 0.718. The number of hydrogen-bond acceptors (Lipinski definition) is 2. The molecule has 0 unspecified atom stereocenters. The van der Waals surface area contributed by atoms with Crippen LogP contribution in [0.2, 0.25) is 0 Å². The second kappa shape index (κ2) is 7.28. The molecule has 1 amide bonds. The van der Waals surface area contributed by atoms with Gasteiger partial charge in [0, 0.05) is 13.1 Å². The highest BCUT2D eigenvalue weighted by Gasteiger charge is 1.92. The zero-order valence-electron chi connectivity index (χ0n) is 8.37. The van der Waals surface area contributed by atoms with E-state index in [0.29, 0.717) is 6.54 Å². The van der Waals surface area contributed by atoms with Crippen molar-refractivity contribution >= 4 is 5.91 Å². The Hall–Kier alpha value is -1.38. The average Bonchev–Trinajstić information content (AvgIpc) is 2.19. The fourth-order valence-corrected chi connectivity index (χ4v) is 0.718. The highest BCUT2D eigenvalue weighted by molar-refractivity contribution is 5.72. The van der Waals surface area contributed by atoms with Crippen LogP contribution in [0.25, 0.3) is 0 Å². The summed E-state index contributed by atoms with van der Waals surface area (Å²) in [5, 5.41) is 2.66. The zero-order valence-corrected chi connectivity index (χ0v) is 8.37. The third kappa shape index (κ3) is 5.84. The van der Waals surface area contributed by atoms with Crippen LogP contribution in [0.15, 0.2) is 24.4 Å². The van der Waals surface area contributed by atoms with Crippen molar-refractivity contribution in [2.75, 3.05) is 0 Å². The minimum Gasteiger partial charge on any atom is -0.351 e. The number of nitrogens with zero attached hydrogens (tertiary/aromatic N) is 1. The van der Waals surface area contributed by atoms with Gasteiger partial charge >= 0.3 is 0 Å². The van der Waals surface area contributed by atoms with Crippen LogP contribution in [-0.4, -0.2) is 10.9 Å². The highest BCUT2D eigenvalue weighted by Crippen LogP contribution is 1.90. The number of carbonyl (C=O) groups is 1. The van der Waals surface area contributed by atoms with E-state index in [1.807, 2.05) is 32.0 Å². The van der Waals surface area contributed by atoms with Crippen LogP contribution in [0.3, 0.4) is 0 Å². The molecule has 0 bridgehead atoms. The summed E-state index contributed by atoms with van der Waals surface area (Å²) in [6, 6.07) is 5.61. The molecule has 0 aliphatic carbocycles. The van der Waals surface area contributed by atoms with Crippen LogP contribution in [0.4, 0.5) is 0 Å². The van der Waals surface area contributed by atoms with Crippen molar-refractivity contribution in [1.29, 1.82) is 0 Å². The Morgan fingerprint density at radius 3 is 2.62 bits per heavy atom. The SMILES string of the molecule is CC.CC(=O)NCc1ccccn1. The van der Waals surface area contributed by atoms with Crippen LogP contribution in [-0.2, 0) is 11.3 Å². The zero-order chi connectivity index (χ0) is 10.1. The van der Waals surface area contributed by atoms with Gasteiger partial charge in [0.1, 0.15) is 0 Å². The molecule has 0 aliphatic rings. The maximum Gasteiger partial charge on any atom is 0.217 e. The third-order valence-corrected chi connectivity index (χ3v) is 1.24. The minimum absolute atomic E-state index is 0.0318. The molecule has 1 aromatic heterocycles. The molecule has 1 heterocycles. The van der Waals surface area contributed by atoms with Gasteiger partial charge in [-0.3, -0.25) is 9.78 Å². The van der Waals surface area contributed by atoms with E-state index in [-0.39, 0.29) is 5.91 Å². The molecular weight excluding hydrogens is 164 g/mol. The summed E-state index contributed by atoms with van der Waals surface area (Å²) in [6.45, 7) is 6.00. The first kappa shape index (κ1) is 11.6. The first-order chi connectivity index (χ1) is 6.29. The van der Waals surface area contributed by atoms with Gasteiger partial charge in [-0.25, -0.2) is 0 Å². The lowest BCUT2D eigenvalue weighted by Gasteiger charge is -1.99. The first-order valence-electron chi connectivity index (χ1n) is 4.43. The van der Waals surface area contributed by atoms with Crippen molar-refractivity contribution < 1.29 is 4.79 Å². The monoisotopic (exact) mass is 180 g/mol. The van der Waals surface area contributed by atoms with Gasteiger partial charge in [-0.1, -0.05) is 19.9 Å². The Morgan fingerprint density at radius 1 is 1.46 bits per heavy atom. The molecule has 72 valence electrons. The molecule has 1 rings (SSSR count). The Bertz CT molecular complexity index is 234. The quantitative estimate of drug-likeness (QED) is 0.753. The lowest BCUT2D eigenvalue weighted by Crippen LogP contribution is -2.19. The summed E-state index contributed by atoms with van der Waals surface area (Å²) in [5.74, 6) is -0.0318. The van der Waals surface area contributed by atoms with Crippen molar-refractivity contribution in [2.45, 2.75) is 27.3 Å². The summed E-state index contributed by atoms with van der Waals surface area (Å²) >= 11 is 0. The number of aromatic nitrogens is 1. The van der Waals surface area contributed by atoms with Crippen molar-refractivity contribution in [3.05, 3.63) is 30.1 Å². The third-order valence-electron chi connectivity index (χ3n) is 1.24. The van der Waals surface area contributed by atoms with E-state index in [4.69, 9.17) is 0 Å². The summed E-state index contributed by atoms with van der Waals surface area (Å²) < 4.78 is 0. The molecule has 0 spiro atoms. The topological polar surface area (TPSA) is 42.0 Å². The predicted octanol–water partition coefficient (Wildman–Crippen LogP) is 1.74. The maximum absolute atomic E-state index is 10.5. The molecule has 0 aliphatic heterocycles. The van der Waals surface area contributed by atoms with E-state index in [2.05, 4.69) is 10.3 Å². The molecule has 0 saturated carbocycles. The molecule has 1 aromatic rings. The number of hydrogen-bond donors (Lipinski definition) is 1. The smallest absolute Gasteiger partial charge is 0.217 e. The van der Waals surface area contributed by atoms with Crippen LogP contribution in [0.1, 0.15) is 26.5 Å². The molecule has 0 aromatic carbocycles. The summed E-state index contributed by atoms with van der Waals surface area (Å²) in [6.07, 6.45) is 1.71. The number of rotatable bonds is 2. The van der Waals surface area contributed by atoms with E-state index < -0.39 is 0 Å². The fraction of sp³-hybridized carbons (Fsp3) is 0.400. The van der Waals surface area contributed by atoms with Crippen LogP contribution < -0.4 is 5.32 Å². The number of pyridine rings is 1. The first-order valence-corrected chi connectivity index (χ1v) is 4.43. The lowest BCUT2D eigenvalue weighted by molar-refractivity contribution is -0.119. The Kier molecular flexibility index (Phi) is 6.51. The molecule has 0 radical (unpaired) electrons. The number of carbonyl (C=O) groups excluding carboxylic acids is 1. The van der Waals surface area contributed by atoms with Gasteiger partial charge in [0.15, 0.2) is 0 Å². The Morgan fingerprint density at radius 2 is 2.15 bits per heavy atom. The van der Waals surface area contributed by atoms with Crippen molar-refractivity contribution in [3.63, 3.8) is 0 Å². The van der Waals surface area contributed by atoms with E-state index in [0.717, 1.165) is 5.69 Å². The molecule has 1 N–H and O–H groups in total. The molecular formula is C10H16N2O. The van der Waals surface area contributed by atoms with Gasteiger partial charge in [0.25, 0.3) is 0 Å². The van der Waals surface area contributed by atoms with E-state index in [1.54, 1.807) is 6.20 Å². The van der Waals surface area contributed by atoms with Crippen LogP contribution >= 0.6 is 0 Å². The van der Waals surface area contributed by atoms with Crippen molar-refractivity contribution in [2.24, 2.45) is 0 Å². The van der Waals surface area contributed by atoms with Crippen molar-refractivity contribution in [1.82, 2.24) is 10.3 Å². The lowest BCUT2D eigenvalue weighted by atomic mass is 10.3. The standard InChI is InChI=1S/C8H10N2O.C2H6/c1-7(11)10-6-8-4-2-3-5-9-8;1-2/h2-5H,6H2,1H3,(H,10,11);1-2H3. The summed E-state index contributed by atoms with van der Waals surface area (Å²) in [5.41, 5.74) is 0.878. The Labute approximate surface area is 79.2 Å². The van der Waals surface area contributed by atoms with E-state index in [1.165, 1.54) is 6.92 Å². The minimum atomic E-state index is -0.0318. The van der Waals surface area contributed by atoms with Gasteiger partial charge in [-0.05, 0) is 12.1 Å². The van der Waals surface area contributed by atoms with Crippen LogP contribution in [0.5, 0.6) is 0 Å². The molecule has 0 fully saturated rings. The van der Waals surface area contributed by atoms with Crippen molar-refractivity contribution in [3.8, 4) is 0 Å². The maximum atomic E-state index is 10.5. The number of amides is 1. The van der Waals surface area contributed by atoms with Gasteiger partial charge in [-0.15, -0.1) is 0 Å². The predicted molar refractivity (Wildman–Crippen MR) is 53.1 cm³/mol. The van der Waals surface area contributed by atoms with Gasteiger partial charge < -0.3 is 5.32 Å². The largest absolute Gasteiger partial charge is 0.351 e. The van der Waals surface area contributed by atoms with Gasteiger partial charge in [0.05, 0.1) is 12.2 Å². The Balaban J connectivity index is 0.000000671. The van der Waals surface area contributed by atoms with Crippen LogP contribution in [0, 0.1) is 0 Å². The molecule has 3 heteroatoms. The highest BCUT2D eigenvalue weighted by atomic mass is 16.1. The molecule has 3 nitrogen and oxygen atoms in total. The summed E-state index contributed by atoms with van der Waals surface area (Å²) in [7, 11) is 0. The average molecular weight is 180 g/mol. The number of nitrogens with one attached hydrogen (secondary N) is 1. The molecule has 0 atom stereocenters. The second-order valence-electron chi connectivity index (χ2n) is 2.23. The molecule has 0 saturated heterocycles. The van der Waals surface area contributed by atoms with Gasteiger partial charge in [-0.2, -0.15) is 0 Å². The van der Waals surface area contributed by atoms with E-state index >= 15 is 0 Å². The normalized spacial score (nSPS) is 8.23. The van der Waals surface area contributed by atoms with E-state index in [9.17, 15) is 4.79 Å². The van der Waals surface area contributed by atoms with Gasteiger partial charge in [0.2, 0.25) is 5.91 Å².